The predicted molar refractivity (Wildman–Crippen MR) is 120 cm³/mol. The number of amides is 2. The SMILES string of the molecule is CN(C)c1ccc(NC(=O)c2ccc(C(=O)N3CCc4ccccc4C3)cc2)cc1. The lowest BCUT2D eigenvalue weighted by Gasteiger charge is -2.29. The molecule has 0 unspecified atom stereocenters. The number of carbonyl (C=O) groups excluding carboxylic acids is 2. The van der Waals surface area contributed by atoms with Gasteiger partial charge in [-0.05, 0) is 66.1 Å². The van der Waals surface area contributed by atoms with E-state index in [0.29, 0.717) is 24.2 Å². The van der Waals surface area contributed by atoms with Crippen molar-refractivity contribution in [2.75, 3.05) is 30.9 Å². The molecule has 1 aliphatic rings. The maximum Gasteiger partial charge on any atom is 0.255 e. The number of carbonyl (C=O) groups is 2. The Hall–Kier alpha value is -3.60. The van der Waals surface area contributed by atoms with Crippen LogP contribution in [0.2, 0.25) is 0 Å². The minimum atomic E-state index is -0.196. The fourth-order valence-corrected chi connectivity index (χ4v) is 3.66. The van der Waals surface area contributed by atoms with E-state index in [1.807, 2.05) is 60.3 Å². The summed E-state index contributed by atoms with van der Waals surface area (Å²) in [6.07, 6.45) is 0.870. The second kappa shape index (κ2) is 8.41. The van der Waals surface area contributed by atoms with Gasteiger partial charge >= 0.3 is 0 Å². The molecule has 4 rings (SSSR count). The molecule has 5 heteroatoms. The topological polar surface area (TPSA) is 52.7 Å². The summed E-state index contributed by atoms with van der Waals surface area (Å²) >= 11 is 0. The van der Waals surface area contributed by atoms with Gasteiger partial charge in [-0.1, -0.05) is 24.3 Å². The average Bonchev–Trinajstić information content (AvgIpc) is 2.78. The lowest BCUT2D eigenvalue weighted by atomic mass is 9.99. The Bertz CT molecular complexity index is 1060. The molecular formula is C25H25N3O2. The molecule has 0 radical (unpaired) electrons. The molecule has 2 amide bonds. The smallest absolute Gasteiger partial charge is 0.255 e. The molecule has 0 atom stereocenters. The lowest BCUT2D eigenvalue weighted by Crippen LogP contribution is -2.35. The molecule has 152 valence electrons. The van der Waals surface area contributed by atoms with Crippen LogP contribution in [-0.2, 0) is 13.0 Å². The van der Waals surface area contributed by atoms with Crippen molar-refractivity contribution in [3.8, 4) is 0 Å². The molecule has 1 aliphatic heterocycles. The summed E-state index contributed by atoms with van der Waals surface area (Å²) in [6, 6.07) is 22.8. The highest BCUT2D eigenvalue weighted by atomic mass is 16.2. The fraction of sp³-hybridized carbons (Fsp3) is 0.200. The summed E-state index contributed by atoms with van der Waals surface area (Å²) in [4.78, 5) is 29.3. The van der Waals surface area contributed by atoms with E-state index in [4.69, 9.17) is 0 Å². The van der Waals surface area contributed by atoms with Gasteiger partial charge in [0.25, 0.3) is 11.8 Å². The summed E-state index contributed by atoms with van der Waals surface area (Å²) in [5.41, 5.74) is 5.43. The van der Waals surface area contributed by atoms with Gasteiger partial charge in [-0.2, -0.15) is 0 Å². The molecule has 0 saturated carbocycles. The Balaban J connectivity index is 1.41. The van der Waals surface area contributed by atoms with Gasteiger partial charge in [0.05, 0.1) is 0 Å². The fourth-order valence-electron chi connectivity index (χ4n) is 3.66. The quantitative estimate of drug-likeness (QED) is 0.715. The third kappa shape index (κ3) is 4.20. The number of benzene rings is 3. The molecular weight excluding hydrogens is 374 g/mol. The molecule has 0 aliphatic carbocycles. The molecule has 3 aromatic carbocycles. The summed E-state index contributed by atoms with van der Waals surface area (Å²) in [7, 11) is 3.94. The van der Waals surface area contributed by atoms with E-state index in [1.54, 1.807) is 24.3 Å². The highest BCUT2D eigenvalue weighted by Crippen LogP contribution is 2.21. The van der Waals surface area contributed by atoms with E-state index in [-0.39, 0.29) is 11.8 Å². The highest BCUT2D eigenvalue weighted by molar-refractivity contribution is 6.05. The van der Waals surface area contributed by atoms with E-state index in [0.717, 1.165) is 17.8 Å². The van der Waals surface area contributed by atoms with Crippen molar-refractivity contribution in [3.05, 3.63) is 95.1 Å². The van der Waals surface area contributed by atoms with Crippen LogP contribution in [0.25, 0.3) is 0 Å². The number of nitrogens with zero attached hydrogens (tertiary/aromatic N) is 2. The van der Waals surface area contributed by atoms with E-state index >= 15 is 0 Å². The maximum atomic E-state index is 12.9. The maximum absolute atomic E-state index is 12.9. The Kier molecular flexibility index (Phi) is 5.53. The van der Waals surface area contributed by atoms with Crippen LogP contribution in [0.4, 0.5) is 11.4 Å². The molecule has 0 bridgehead atoms. The van der Waals surface area contributed by atoms with Gasteiger partial charge in [-0.15, -0.1) is 0 Å². The summed E-state index contributed by atoms with van der Waals surface area (Å²) < 4.78 is 0. The van der Waals surface area contributed by atoms with Crippen LogP contribution in [0.5, 0.6) is 0 Å². The Morgan fingerprint density at radius 3 is 2.13 bits per heavy atom. The number of nitrogens with one attached hydrogen (secondary N) is 1. The Morgan fingerprint density at radius 2 is 1.47 bits per heavy atom. The van der Waals surface area contributed by atoms with E-state index in [9.17, 15) is 9.59 Å². The minimum Gasteiger partial charge on any atom is -0.378 e. The van der Waals surface area contributed by atoms with Crippen molar-refractivity contribution < 1.29 is 9.59 Å². The van der Waals surface area contributed by atoms with Crippen LogP contribution in [-0.4, -0.2) is 37.4 Å². The van der Waals surface area contributed by atoms with E-state index < -0.39 is 0 Å². The summed E-state index contributed by atoms with van der Waals surface area (Å²) in [5, 5.41) is 2.89. The van der Waals surface area contributed by atoms with E-state index in [2.05, 4.69) is 17.4 Å². The van der Waals surface area contributed by atoms with Crippen LogP contribution in [0.1, 0.15) is 31.8 Å². The largest absolute Gasteiger partial charge is 0.378 e. The molecule has 0 spiro atoms. The van der Waals surface area contributed by atoms with Crippen molar-refractivity contribution in [2.45, 2.75) is 13.0 Å². The van der Waals surface area contributed by atoms with Crippen molar-refractivity contribution in [1.29, 1.82) is 0 Å². The zero-order chi connectivity index (χ0) is 21.1. The van der Waals surface area contributed by atoms with Crippen molar-refractivity contribution in [3.63, 3.8) is 0 Å². The third-order valence-corrected chi connectivity index (χ3v) is 5.45. The van der Waals surface area contributed by atoms with Crippen LogP contribution >= 0.6 is 0 Å². The lowest BCUT2D eigenvalue weighted by molar-refractivity contribution is 0.0734. The van der Waals surface area contributed by atoms with Gasteiger partial charge in [0.2, 0.25) is 0 Å². The van der Waals surface area contributed by atoms with Gasteiger partial charge in [0, 0.05) is 49.7 Å². The van der Waals surface area contributed by atoms with Crippen LogP contribution in [0.3, 0.4) is 0 Å². The molecule has 3 aromatic rings. The van der Waals surface area contributed by atoms with E-state index in [1.165, 1.54) is 11.1 Å². The van der Waals surface area contributed by atoms with Crippen molar-refractivity contribution in [1.82, 2.24) is 4.90 Å². The third-order valence-electron chi connectivity index (χ3n) is 5.45. The number of hydrogen-bond donors (Lipinski definition) is 1. The Morgan fingerprint density at radius 1 is 0.833 bits per heavy atom. The van der Waals surface area contributed by atoms with Crippen LogP contribution < -0.4 is 10.2 Å². The minimum absolute atomic E-state index is 0.00395. The molecule has 0 fully saturated rings. The van der Waals surface area contributed by atoms with Gasteiger partial charge in [0.1, 0.15) is 0 Å². The van der Waals surface area contributed by atoms with Gasteiger partial charge in [0.15, 0.2) is 0 Å². The standard InChI is InChI=1S/C25H25N3O2/c1-27(2)23-13-11-22(12-14-23)26-24(29)19-7-9-20(10-8-19)25(30)28-16-15-18-5-3-4-6-21(18)17-28/h3-14H,15-17H2,1-2H3,(H,26,29). The summed E-state index contributed by atoms with van der Waals surface area (Å²) in [5.74, 6) is -0.200. The zero-order valence-corrected chi connectivity index (χ0v) is 17.3. The molecule has 1 heterocycles. The second-order valence-corrected chi connectivity index (χ2v) is 7.72. The molecule has 1 N–H and O–H groups in total. The number of rotatable bonds is 4. The first-order chi connectivity index (χ1) is 14.5. The number of hydrogen-bond acceptors (Lipinski definition) is 3. The van der Waals surface area contributed by atoms with Gasteiger partial charge in [-0.3, -0.25) is 9.59 Å². The molecule has 0 aromatic heterocycles. The van der Waals surface area contributed by atoms with Gasteiger partial charge in [-0.25, -0.2) is 0 Å². The van der Waals surface area contributed by atoms with Crippen LogP contribution in [0, 0.1) is 0 Å². The Labute approximate surface area is 176 Å². The van der Waals surface area contributed by atoms with Crippen molar-refractivity contribution in [2.24, 2.45) is 0 Å². The normalized spacial score (nSPS) is 12.8. The summed E-state index contributed by atoms with van der Waals surface area (Å²) in [6.45, 7) is 1.33. The average molecular weight is 399 g/mol. The number of anilines is 2. The first-order valence-corrected chi connectivity index (χ1v) is 10.1. The molecule has 30 heavy (non-hydrogen) atoms. The molecule has 5 nitrogen and oxygen atoms in total. The second-order valence-electron chi connectivity index (χ2n) is 7.72. The van der Waals surface area contributed by atoms with Crippen molar-refractivity contribution >= 4 is 23.2 Å². The van der Waals surface area contributed by atoms with Crippen LogP contribution in [0.15, 0.2) is 72.8 Å². The highest BCUT2D eigenvalue weighted by Gasteiger charge is 2.21. The van der Waals surface area contributed by atoms with Gasteiger partial charge < -0.3 is 15.1 Å². The first kappa shape index (κ1) is 19.7. The number of fused-ring (bicyclic) bond motifs is 1. The first-order valence-electron chi connectivity index (χ1n) is 10.1. The predicted octanol–water partition coefficient (Wildman–Crippen LogP) is 4.20. The monoisotopic (exact) mass is 399 g/mol. The zero-order valence-electron chi connectivity index (χ0n) is 17.3. The molecule has 0 saturated heterocycles.